The second kappa shape index (κ2) is 6.86. The molecular weight excluding hydrogens is 234 g/mol. The third kappa shape index (κ3) is 3.46. The summed E-state index contributed by atoms with van der Waals surface area (Å²) in [5, 5.41) is 20.3. The summed E-state index contributed by atoms with van der Waals surface area (Å²) in [6.45, 7) is 2.58. The smallest absolute Gasteiger partial charge is 0.322 e. The van der Waals surface area contributed by atoms with E-state index in [2.05, 4.69) is 20.3 Å². The molecule has 0 atom stereocenters. The predicted molar refractivity (Wildman–Crippen MR) is 64.0 cm³/mol. The van der Waals surface area contributed by atoms with E-state index in [0.29, 0.717) is 12.5 Å². The molecule has 18 heavy (non-hydrogen) atoms. The van der Waals surface area contributed by atoms with E-state index < -0.39 is 0 Å². The van der Waals surface area contributed by atoms with Crippen molar-refractivity contribution in [3.63, 3.8) is 0 Å². The average molecular weight is 247 g/mol. The van der Waals surface area contributed by atoms with Crippen molar-refractivity contribution < 1.29 is 4.74 Å². The molecule has 0 amide bonds. The molecule has 0 spiro atoms. The first-order valence-electron chi connectivity index (χ1n) is 5.28. The number of hydrogen-bond acceptors (Lipinski definition) is 8. The molecule has 1 aromatic heterocycles. The number of nitrogens with one attached hydrogen (secondary N) is 1. The maximum atomic E-state index is 8.70. The fourth-order valence-corrected chi connectivity index (χ4v) is 1.18. The van der Waals surface area contributed by atoms with Crippen LogP contribution in [0.1, 0.15) is 6.92 Å². The molecule has 8 heteroatoms. The van der Waals surface area contributed by atoms with Crippen molar-refractivity contribution in [2.45, 2.75) is 6.92 Å². The van der Waals surface area contributed by atoms with Gasteiger partial charge < -0.3 is 15.0 Å². The maximum absolute atomic E-state index is 8.70. The van der Waals surface area contributed by atoms with Gasteiger partial charge in [0.15, 0.2) is 0 Å². The Labute approximate surface area is 105 Å². The molecule has 0 saturated heterocycles. The minimum Gasteiger partial charge on any atom is -0.467 e. The van der Waals surface area contributed by atoms with Crippen molar-refractivity contribution in [2.75, 3.05) is 37.0 Å². The standard InChI is InChI=1S/C10H13N7O/c1-3-13-8-14-9(16-10(15-8)18-2)17(6-4-11)7-5-12/h3,6-7H2,1-2H3,(H,13,14,15,16). The first-order chi connectivity index (χ1) is 8.74. The van der Waals surface area contributed by atoms with Gasteiger partial charge in [-0.25, -0.2) is 0 Å². The van der Waals surface area contributed by atoms with Crippen LogP contribution in [0.3, 0.4) is 0 Å². The lowest BCUT2D eigenvalue weighted by Gasteiger charge is -2.16. The largest absolute Gasteiger partial charge is 0.467 e. The molecule has 0 saturated carbocycles. The van der Waals surface area contributed by atoms with Gasteiger partial charge in [-0.2, -0.15) is 25.5 Å². The zero-order valence-corrected chi connectivity index (χ0v) is 10.2. The molecule has 0 fully saturated rings. The van der Waals surface area contributed by atoms with E-state index in [-0.39, 0.29) is 25.0 Å². The monoisotopic (exact) mass is 247 g/mol. The van der Waals surface area contributed by atoms with Crippen LogP contribution in [0.15, 0.2) is 0 Å². The highest BCUT2D eigenvalue weighted by molar-refractivity contribution is 5.40. The Morgan fingerprint density at radius 3 is 2.39 bits per heavy atom. The van der Waals surface area contributed by atoms with Gasteiger partial charge in [0.1, 0.15) is 13.1 Å². The lowest BCUT2D eigenvalue weighted by Crippen LogP contribution is -2.26. The van der Waals surface area contributed by atoms with Gasteiger partial charge in [0, 0.05) is 6.54 Å². The summed E-state index contributed by atoms with van der Waals surface area (Å²) in [6.07, 6.45) is 0. The summed E-state index contributed by atoms with van der Waals surface area (Å²) in [7, 11) is 1.44. The van der Waals surface area contributed by atoms with Gasteiger partial charge >= 0.3 is 6.01 Å². The molecule has 1 rings (SSSR count). The molecule has 0 aliphatic rings. The number of anilines is 2. The number of hydrogen-bond donors (Lipinski definition) is 1. The van der Waals surface area contributed by atoms with Crippen LogP contribution in [0.2, 0.25) is 0 Å². The molecule has 0 aromatic carbocycles. The van der Waals surface area contributed by atoms with E-state index in [4.69, 9.17) is 15.3 Å². The van der Waals surface area contributed by atoms with Gasteiger partial charge in [-0.15, -0.1) is 0 Å². The van der Waals surface area contributed by atoms with Gasteiger partial charge in [0.2, 0.25) is 11.9 Å². The van der Waals surface area contributed by atoms with Crippen molar-refractivity contribution in [3.8, 4) is 18.1 Å². The normalized spacial score (nSPS) is 9.11. The SMILES string of the molecule is CCNc1nc(OC)nc(N(CC#N)CC#N)n1. The second-order valence-corrected chi connectivity index (χ2v) is 3.15. The van der Waals surface area contributed by atoms with E-state index in [1.54, 1.807) is 0 Å². The van der Waals surface area contributed by atoms with Crippen LogP contribution in [0.5, 0.6) is 6.01 Å². The van der Waals surface area contributed by atoms with Crippen molar-refractivity contribution in [1.29, 1.82) is 10.5 Å². The topological polar surface area (TPSA) is 111 Å². The van der Waals surface area contributed by atoms with Crippen molar-refractivity contribution >= 4 is 11.9 Å². The Morgan fingerprint density at radius 2 is 1.89 bits per heavy atom. The van der Waals surface area contributed by atoms with Crippen LogP contribution in [0.4, 0.5) is 11.9 Å². The fraction of sp³-hybridized carbons (Fsp3) is 0.500. The van der Waals surface area contributed by atoms with Crippen molar-refractivity contribution in [2.24, 2.45) is 0 Å². The van der Waals surface area contributed by atoms with Crippen LogP contribution < -0.4 is 15.0 Å². The summed E-state index contributed by atoms with van der Waals surface area (Å²) in [4.78, 5) is 13.6. The number of rotatable bonds is 6. The molecule has 0 radical (unpaired) electrons. The lowest BCUT2D eigenvalue weighted by atomic mass is 10.5. The van der Waals surface area contributed by atoms with Gasteiger partial charge in [0.05, 0.1) is 19.2 Å². The van der Waals surface area contributed by atoms with E-state index in [0.717, 1.165) is 0 Å². The molecule has 0 aliphatic carbocycles. The first-order valence-corrected chi connectivity index (χ1v) is 5.28. The molecule has 1 heterocycles. The number of aromatic nitrogens is 3. The second-order valence-electron chi connectivity index (χ2n) is 3.15. The third-order valence-corrected chi connectivity index (χ3v) is 1.93. The Morgan fingerprint density at radius 1 is 1.22 bits per heavy atom. The number of nitriles is 2. The quantitative estimate of drug-likeness (QED) is 0.708. The fourth-order valence-electron chi connectivity index (χ4n) is 1.18. The van der Waals surface area contributed by atoms with E-state index >= 15 is 0 Å². The number of ether oxygens (including phenoxy) is 1. The average Bonchev–Trinajstić information content (AvgIpc) is 2.38. The van der Waals surface area contributed by atoms with Crippen LogP contribution >= 0.6 is 0 Å². The van der Waals surface area contributed by atoms with Crippen molar-refractivity contribution in [1.82, 2.24) is 15.0 Å². The van der Waals surface area contributed by atoms with Crippen LogP contribution in [0, 0.1) is 22.7 Å². The zero-order chi connectivity index (χ0) is 13.4. The summed E-state index contributed by atoms with van der Waals surface area (Å²) in [6, 6.07) is 4.04. The Kier molecular flexibility index (Phi) is 5.13. The molecule has 0 aliphatic heterocycles. The molecule has 0 unspecified atom stereocenters. The van der Waals surface area contributed by atoms with Gasteiger partial charge in [-0.05, 0) is 6.92 Å². The highest BCUT2D eigenvalue weighted by Crippen LogP contribution is 2.14. The maximum Gasteiger partial charge on any atom is 0.322 e. The number of nitrogens with zero attached hydrogens (tertiary/aromatic N) is 6. The van der Waals surface area contributed by atoms with Gasteiger partial charge in [-0.3, -0.25) is 0 Å². The Hall–Kier alpha value is -2.61. The highest BCUT2D eigenvalue weighted by Gasteiger charge is 2.13. The van der Waals surface area contributed by atoms with E-state index in [1.165, 1.54) is 12.0 Å². The molecular formula is C10H13N7O. The first kappa shape index (κ1) is 13.5. The lowest BCUT2D eigenvalue weighted by molar-refractivity contribution is 0.379. The molecule has 0 bridgehead atoms. The van der Waals surface area contributed by atoms with Crippen LogP contribution in [0.25, 0.3) is 0 Å². The van der Waals surface area contributed by atoms with Crippen molar-refractivity contribution in [3.05, 3.63) is 0 Å². The minimum absolute atomic E-state index is 0.0201. The molecule has 1 aromatic rings. The Balaban J connectivity index is 3.08. The summed E-state index contributed by atoms with van der Waals surface area (Å²) in [5.74, 6) is 0.584. The minimum atomic E-state index is 0.0201. The van der Waals surface area contributed by atoms with Crippen LogP contribution in [-0.2, 0) is 0 Å². The highest BCUT2D eigenvalue weighted by atomic mass is 16.5. The molecule has 94 valence electrons. The van der Waals surface area contributed by atoms with E-state index in [1.807, 2.05) is 19.1 Å². The summed E-state index contributed by atoms with van der Waals surface area (Å²) >= 11 is 0. The van der Waals surface area contributed by atoms with E-state index in [9.17, 15) is 0 Å². The van der Waals surface area contributed by atoms with Gasteiger partial charge in [0.25, 0.3) is 0 Å². The Bertz CT molecular complexity index is 460. The van der Waals surface area contributed by atoms with Crippen LogP contribution in [-0.4, -0.2) is 41.7 Å². The summed E-state index contributed by atoms with van der Waals surface area (Å²) in [5.41, 5.74) is 0. The molecule has 1 N–H and O–H groups in total. The number of methoxy groups -OCH3 is 1. The van der Waals surface area contributed by atoms with Gasteiger partial charge in [-0.1, -0.05) is 0 Å². The predicted octanol–water partition coefficient (Wildman–Crippen LogP) is 0.166. The molecule has 8 nitrogen and oxygen atoms in total. The third-order valence-electron chi connectivity index (χ3n) is 1.93. The summed E-state index contributed by atoms with van der Waals surface area (Å²) < 4.78 is 4.95. The zero-order valence-electron chi connectivity index (χ0n) is 10.2.